The third-order valence-corrected chi connectivity index (χ3v) is 2.55. The molecule has 15 heavy (non-hydrogen) atoms. The first-order valence-corrected chi connectivity index (χ1v) is 5.73. The highest BCUT2D eigenvalue weighted by Gasteiger charge is 2.06. The van der Waals surface area contributed by atoms with Gasteiger partial charge in [-0.3, -0.25) is 0 Å². The van der Waals surface area contributed by atoms with Crippen molar-refractivity contribution in [3.05, 3.63) is 23.8 Å². The smallest absolute Gasteiger partial charge is 0.142 e. The Morgan fingerprint density at radius 1 is 1.27 bits per heavy atom. The largest absolute Gasteiger partial charge is 0.495 e. The van der Waals surface area contributed by atoms with E-state index in [1.165, 1.54) is 18.4 Å². The second kappa shape index (κ2) is 6.33. The first kappa shape index (κ1) is 11.9. The molecule has 0 radical (unpaired) electrons. The summed E-state index contributed by atoms with van der Waals surface area (Å²) in [4.78, 5) is 0. The van der Waals surface area contributed by atoms with Crippen LogP contribution in [0, 0.1) is 0 Å². The number of rotatable bonds is 6. The summed E-state index contributed by atoms with van der Waals surface area (Å²) >= 11 is 0. The SMILES string of the molecule is CCCCNc1c(CC)cccc1OC. The van der Waals surface area contributed by atoms with Gasteiger partial charge >= 0.3 is 0 Å². The van der Waals surface area contributed by atoms with Crippen molar-refractivity contribution in [1.82, 2.24) is 0 Å². The summed E-state index contributed by atoms with van der Waals surface area (Å²) < 4.78 is 5.36. The Morgan fingerprint density at radius 3 is 2.67 bits per heavy atom. The van der Waals surface area contributed by atoms with Gasteiger partial charge in [0.15, 0.2) is 0 Å². The average Bonchev–Trinajstić information content (AvgIpc) is 2.29. The van der Waals surface area contributed by atoms with Gasteiger partial charge in [-0.05, 0) is 24.5 Å². The number of aryl methyl sites for hydroxylation is 1. The number of para-hydroxylation sites is 1. The van der Waals surface area contributed by atoms with Crippen LogP contribution in [0.5, 0.6) is 5.75 Å². The second-order valence-electron chi connectivity index (χ2n) is 3.63. The van der Waals surface area contributed by atoms with Crippen molar-refractivity contribution in [3.8, 4) is 5.75 Å². The molecule has 1 aromatic rings. The minimum Gasteiger partial charge on any atom is -0.495 e. The fourth-order valence-electron chi connectivity index (χ4n) is 1.63. The van der Waals surface area contributed by atoms with Gasteiger partial charge in [0.05, 0.1) is 12.8 Å². The molecule has 0 atom stereocenters. The number of benzene rings is 1. The van der Waals surface area contributed by atoms with Crippen molar-refractivity contribution in [1.29, 1.82) is 0 Å². The van der Waals surface area contributed by atoms with E-state index in [2.05, 4.69) is 25.2 Å². The molecular formula is C13H21NO. The molecule has 2 nitrogen and oxygen atoms in total. The van der Waals surface area contributed by atoms with Gasteiger partial charge in [-0.25, -0.2) is 0 Å². The lowest BCUT2D eigenvalue weighted by Gasteiger charge is -2.14. The predicted octanol–water partition coefficient (Wildman–Crippen LogP) is 3.47. The molecule has 0 aliphatic carbocycles. The van der Waals surface area contributed by atoms with E-state index in [0.29, 0.717) is 0 Å². The fraction of sp³-hybridized carbons (Fsp3) is 0.538. The first-order valence-electron chi connectivity index (χ1n) is 5.73. The molecule has 0 bridgehead atoms. The highest BCUT2D eigenvalue weighted by Crippen LogP contribution is 2.28. The van der Waals surface area contributed by atoms with Crippen LogP contribution in [0.25, 0.3) is 0 Å². The molecule has 1 N–H and O–H groups in total. The minimum atomic E-state index is 0.949. The summed E-state index contributed by atoms with van der Waals surface area (Å²) in [5.41, 5.74) is 2.49. The Bertz CT molecular complexity index is 274. The lowest BCUT2D eigenvalue weighted by molar-refractivity contribution is 0.416. The van der Waals surface area contributed by atoms with Gasteiger partial charge in [-0.15, -0.1) is 0 Å². The van der Waals surface area contributed by atoms with E-state index in [0.717, 1.165) is 24.4 Å². The Kier molecular flexibility index (Phi) is 5.02. The molecule has 1 rings (SSSR count). The van der Waals surface area contributed by atoms with Crippen LogP contribution in [0.1, 0.15) is 32.3 Å². The van der Waals surface area contributed by atoms with Crippen molar-refractivity contribution in [2.75, 3.05) is 19.0 Å². The van der Waals surface area contributed by atoms with Gasteiger partial charge < -0.3 is 10.1 Å². The third-order valence-electron chi connectivity index (χ3n) is 2.55. The van der Waals surface area contributed by atoms with Crippen LogP contribution in [0.3, 0.4) is 0 Å². The van der Waals surface area contributed by atoms with Gasteiger partial charge in [-0.2, -0.15) is 0 Å². The number of ether oxygens (including phenoxy) is 1. The molecule has 0 aliphatic rings. The van der Waals surface area contributed by atoms with Crippen molar-refractivity contribution >= 4 is 5.69 Å². The molecule has 0 unspecified atom stereocenters. The zero-order valence-corrected chi connectivity index (χ0v) is 9.97. The molecule has 0 fully saturated rings. The molecule has 1 aromatic carbocycles. The maximum absolute atomic E-state index is 5.36. The minimum absolute atomic E-state index is 0.949. The molecule has 0 saturated carbocycles. The fourth-order valence-corrected chi connectivity index (χ4v) is 1.63. The zero-order valence-electron chi connectivity index (χ0n) is 9.97. The monoisotopic (exact) mass is 207 g/mol. The van der Waals surface area contributed by atoms with Crippen molar-refractivity contribution in [3.63, 3.8) is 0 Å². The van der Waals surface area contributed by atoms with Gasteiger partial charge in [0.1, 0.15) is 5.75 Å². The average molecular weight is 207 g/mol. The van der Waals surface area contributed by atoms with Crippen LogP contribution in [0.15, 0.2) is 18.2 Å². The van der Waals surface area contributed by atoms with E-state index in [4.69, 9.17) is 4.74 Å². The van der Waals surface area contributed by atoms with E-state index in [1.54, 1.807) is 7.11 Å². The molecule has 84 valence electrons. The Balaban J connectivity index is 2.80. The number of unbranched alkanes of at least 4 members (excludes halogenated alkanes) is 1. The van der Waals surface area contributed by atoms with E-state index in [-0.39, 0.29) is 0 Å². The Morgan fingerprint density at radius 2 is 2.07 bits per heavy atom. The van der Waals surface area contributed by atoms with Crippen LogP contribution in [-0.2, 0) is 6.42 Å². The molecule has 0 heterocycles. The van der Waals surface area contributed by atoms with Crippen LogP contribution in [0.4, 0.5) is 5.69 Å². The summed E-state index contributed by atoms with van der Waals surface area (Å²) in [5, 5.41) is 3.46. The van der Waals surface area contributed by atoms with Gasteiger partial charge in [-0.1, -0.05) is 32.4 Å². The number of nitrogens with one attached hydrogen (secondary N) is 1. The lowest BCUT2D eigenvalue weighted by atomic mass is 10.1. The first-order chi connectivity index (χ1) is 7.33. The highest BCUT2D eigenvalue weighted by atomic mass is 16.5. The summed E-state index contributed by atoms with van der Waals surface area (Å²) in [7, 11) is 1.72. The number of hydrogen-bond acceptors (Lipinski definition) is 2. The number of hydrogen-bond donors (Lipinski definition) is 1. The summed E-state index contributed by atoms with van der Waals surface area (Å²) in [6.45, 7) is 5.38. The van der Waals surface area contributed by atoms with Crippen LogP contribution in [-0.4, -0.2) is 13.7 Å². The lowest BCUT2D eigenvalue weighted by Crippen LogP contribution is -2.05. The van der Waals surface area contributed by atoms with Crippen LogP contribution in [0.2, 0.25) is 0 Å². The molecule has 0 aliphatic heterocycles. The summed E-state index contributed by atoms with van der Waals surface area (Å²) in [5.74, 6) is 0.949. The number of anilines is 1. The second-order valence-corrected chi connectivity index (χ2v) is 3.63. The quantitative estimate of drug-likeness (QED) is 0.721. The maximum Gasteiger partial charge on any atom is 0.142 e. The zero-order chi connectivity index (χ0) is 11.1. The standard InChI is InChI=1S/C13H21NO/c1-4-6-10-14-13-11(5-2)8-7-9-12(13)15-3/h7-9,14H,4-6,10H2,1-3H3. The van der Waals surface area contributed by atoms with Crippen LogP contribution < -0.4 is 10.1 Å². The molecule has 0 amide bonds. The van der Waals surface area contributed by atoms with E-state index >= 15 is 0 Å². The van der Waals surface area contributed by atoms with Gasteiger partial charge in [0.25, 0.3) is 0 Å². The van der Waals surface area contributed by atoms with Crippen molar-refractivity contribution in [2.45, 2.75) is 33.1 Å². The topological polar surface area (TPSA) is 21.3 Å². The molecule has 0 spiro atoms. The molecular weight excluding hydrogens is 186 g/mol. The maximum atomic E-state index is 5.36. The summed E-state index contributed by atoms with van der Waals surface area (Å²) in [6, 6.07) is 6.20. The van der Waals surface area contributed by atoms with Crippen LogP contribution >= 0.6 is 0 Å². The number of methoxy groups -OCH3 is 1. The normalized spacial score (nSPS) is 10.1. The molecule has 2 heteroatoms. The Labute approximate surface area is 92.6 Å². The molecule has 0 aromatic heterocycles. The van der Waals surface area contributed by atoms with Crippen molar-refractivity contribution < 1.29 is 4.74 Å². The third kappa shape index (κ3) is 3.15. The highest BCUT2D eigenvalue weighted by molar-refractivity contribution is 5.62. The Hall–Kier alpha value is -1.18. The van der Waals surface area contributed by atoms with Crippen molar-refractivity contribution in [2.24, 2.45) is 0 Å². The van der Waals surface area contributed by atoms with Gasteiger partial charge in [0, 0.05) is 6.54 Å². The summed E-state index contributed by atoms with van der Waals surface area (Å²) in [6.07, 6.45) is 3.44. The van der Waals surface area contributed by atoms with E-state index < -0.39 is 0 Å². The van der Waals surface area contributed by atoms with E-state index in [9.17, 15) is 0 Å². The van der Waals surface area contributed by atoms with E-state index in [1.807, 2.05) is 12.1 Å². The van der Waals surface area contributed by atoms with Gasteiger partial charge in [0.2, 0.25) is 0 Å². The predicted molar refractivity (Wildman–Crippen MR) is 65.8 cm³/mol. The molecule has 0 saturated heterocycles.